The Balaban J connectivity index is 1.93. The summed E-state index contributed by atoms with van der Waals surface area (Å²) in [5.41, 5.74) is 10.3. The topological polar surface area (TPSA) is 0 Å². The molecule has 0 aliphatic rings. The summed E-state index contributed by atoms with van der Waals surface area (Å²) in [6, 6.07) is 48.2. The number of quaternary nitrogens is 1. The molecule has 5 rings (SSSR count). The molecule has 0 fully saturated rings. The fourth-order valence-corrected chi connectivity index (χ4v) is 5.39. The molecule has 0 amide bonds. The van der Waals surface area contributed by atoms with Gasteiger partial charge in [0.1, 0.15) is 11.4 Å². The second-order valence-corrected chi connectivity index (χ2v) is 8.92. The van der Waals surface area contributed by atoms with Crippen LogP contribution in [0.1, 0.15) is 13.8 Å². The monoisotopic (exact) mass is 454 g/mol. The molecule has 0 aliphatic carbocycles. The standard InChI is InChI=1S/C34H32N/c1-3-35(4-2,30-23-15-8-16-24-30)32-26-25-31(27-17-9-5-10-18-27)33(28-19-11-6-12-20-28)34(32)29-21-13-7-14-22-29/h5-26H,3-4H2,1-2H3/q+1. The highest BCUT2D eigenvalue weighted by atomic mass is 15.4. The van der Waals surface area contributed by atoms with Gasteiger partial charge in [-0.05, 0) is 54.3 Å². The zero-order valence-electron chi connectivity index (χ0n) is 20.6. The maximum Gasteiger partial charge on any atom is 0.146 e. The fourth-order valence-electron chi connectivity index (χ4n) is 5.39. The smallest absolute Gasteiger partial charge is 0.146 e. The zero-order valence-corrected chi connectivity index (χ0v) is 20.6. The lowest BCUT2D eigenvalue weighted by Gasteiger charge is -2.38. The number of hydrogen-bond acceptors (Lipinski definition) is 0. The first-order chi connectivity index (χ1) is 17.3. The first-order valence-corrected chi connectivity index (χ1v) is 12.5. The van der Waals surface area contributed by atoms with Gasteiger partial charge in [0.2, 0.25) is 0 Å². The number of benzene rings is 5. The van der Waals surface area contributed by atoms with Gasteiger partial charge in [-0.1, -0.05) is 109 Å². The summed E-state index contributed by atoms with van der Waals surface area (Å²) in [7, 11) is 0. The van der Waals surface area contributed by atoms with Crippen molar-refractivity contribution >= 4 is 11.4 Å². The van der Waals surface area contributed by atoms with E-state index in [0.29, 0.717) is 0 Å². The van der Waals surface area contributed by atoms with E-state index in [2.05, 4.69) is 147 Å². The molecule has 0 spiro atoms. The second kappa shape index (κ2) is 10.1. The molecule has 0 saturated heterocycles. The van der Waals surface area contributed by atoms with E-state index < -0.39 is 0 Å². The summed E-state index contributed by atoms with van der Waals surface area (Å²) in [6.45, 7) is 6.55. The Morgan fingerprint density at radius 2 is 0.857 bits per heavy atom. The fraction of sp³-hybridized carbons (Fsp3) is 0.118. The molecule has 0 bridgehead atoms. The highest BCUT2D eigenvalue weighted by Crippen LogP contribution is 2.49. The maximum absolute atomic E-state index is 2.37. The predicted molar refractivity (Wildman–Crippen MR) is 152 cm³/mol. The van der Waals surface area contributed by atoms with Crippen LogP contribution in [0.15, 0.2) is 133 Å². The van der Waals surface area contributed by atoms with Gasteiger partial charge in [0.05, 0.1) is 18.7 Å². The Bertz CT molecular complexity index is 1370. The van der Waals surface area contributed by atoms with E-state index in [1.165, 1.54) is 44.8 Å². The molecular weight excluding hydrogens is 422 g/mol. The van der Waals surface area contributed by atoms with Crippen molar-refractivity contribution in [1.82, 2.24) is 4.48 Å². The third kappa shape index (κ3) is 4.20. The molecule has 172 valence electrons. The van der Waals surface area contributed by atoms with Crippen LogP contribution < -0.4 is 4.48 Å². The average molecular weight is 455 g/mol. The number of hydrogen-bond donors (Lipinski definition) is 0. The van der Waals surface area contributed by atoms with E-state index in [1.54, 1.807) is 0 Å². The maximum atomic E-state index is 2.37. The first-order valence-electron chi connectivity index (χ1n) is 12.5. The van der Waals surface area contributed by atoms with Gasteiger partial charge in [-0.15, -0.1) is 0 Å². The summed E-state index contributed by atoms with van der Waals surface area (Å²) in [4.78, 5) is 0. The molecule has 0 radical (unpaired) electrons. The quantitative estimate of drug-likeness (QED) is 0.215. The van der Waals surface area contributed by atoms with Crippen molar-refractivity contribution in [2.45, 2.75) is 13.8 Å². The molecule has 1 nitrogen and oxygen atoms in total. The summed E-state index contributed by atoms with van der Waals surface area (Å²) in [5, 5.41) is 0. The van der Waals surface area contributed by atoms with Crippen molar-refractivity contribution in [3.05, 3.63) is 133 Å². The third-order valence-corrected chi connectivity index (χ3v) is 7.18. The van der Waals surface area contributed by atoms with Gasteiger partial charge in [-0.2, -0.15) is 0 Å². The minimum atomic E-state index is 0.792. The zero-order chi connectivity index (χ0) is 24.1. The Kier molecular flexibility index (Phi) is 6.61. The van der Waals surface area contributed by atoms with Crippen molar-refractivity contribution in [3.8, 4) is 33.4 Å². The van der Waals surface area contributed by atoms with E-state index >= 15 is 0 Å². The molecule has 0 atom stereocenters. The Labute approximate surface area is 209 Å². The van der Waals surface area contributed by atoms with Crippen LogP contribution in [-0.2, 0) is 0 Å². The summed E-state index contributed by atoms with van der Waals surface area (Å²) < 4.78 is 0.792. The highest BCUT2D eigenvalue weighted by Gasteiger charge is 2.34. The molecule has 0 aromatic heterocycles. The van der Waals surface area contributed by atoms with Crippen molar-refractivity contribution in [3.63, 3.8) is 0 Å². The van der Waals surface area contributed by atoms with E-state index in [9.17, 15) is 0 Å². The lowest BCUT2D eigenvalue weighted by atomic mass is 9.85. The minimum Gasteiger partial charge on any atom is -0.259 e. The molecule has 0 heterocycles. The molecule has 1 heteroatoms. The molecule has 5 aromatic carbocycles. The molecule has 0 N–H and O–H groups in total. The van der Waals surface area contributed by atoms with Crippen molar-refractivity contribution in [2.75, 3.05) is 13.1 Å². The first kappa shape index (κ1) is 22.8. The average Bonchev–Trinajstić information content (AvgIpc) is 2.95. The number of nitrogens with zero attached hydrogens (tertiary/aromatic N) is 1. The van der Waals surface area contributed by atoms with Crippen LogP contribution in [-0.4, -0.2) is 13.1 Å². The summed E-state index contributed by atoms with van der Waals surface area (Å²) in [5.74, 6) is 0. The van der Waals surface area contributed by atoms with Crippen LogP contribution in [0.2, 0.25) is 0 Å². The molecule has 35 heavy (non-hydrogen) atoms. The number of rotatable bonds is 7. The molecule has 0 aliphatic heterocycles. The van der Waals surface area contributed by atoms with Crippen molar-refractivity contribution in [1.29, 1.82) is 0 Å². The van der Waals surface area contributed by atoms with E-state index in [0.717, 1.165) is 17.6 Å². The predicted octanol–water partition coefficient (Wildman–Crippen LogP) is 9.37. The summed E-state index contributed by atoms with van der Waals surface area (Å²) >= 11 is 0. The summed E-state index contributed by atoms with van der Waals surface area (Å²) in [6.07, 6.45) is 0. The Morgan fingerprint density at radius 3 is 1.34 bits per heavy atom. The largest absolute Gasteiger partial charge is 0.259 e. The number of para-hydroxylation sites is 1. The van der Waals surface area contributed by atoms with E-state index in [1.807, 2.05) is 0 Å². The van der Waals surface area contributed by atoms with Crippen LogP contribution in [0.4, 0.5) is 11.4 Å². The normalized spacial score (nSPS) is 11.4. The van der Waals surface area contributed by atoms with Crippen LogP contribution in [0.5, 0.6) is 0 Å². The van der Waals surface area contributed by atoms with Crippen LogP contribution in [0, 0.1) is 0 Å². The minimum absolute atomic E-state index is 0.792. The van der Waals surface area contributed by atoms with Gasteiger partial charge in [0.25, 0.3) is 0 Å². The Hall–Kier alpha value is -3.94. The molecule has 5 aromatic rings. The van der Waals surface area contributed by atoms with E-state index in [4.69, 9.17) is 0 Å². The van der Waals surface area contributed by atoms with Crippen molar-refractivity contribution in [2.24, 2.45) is 0 Å². The van der Waals surface area contributed by atoms with Gasteiger partial charge < -0.3 is 0 Å². The van der Waals surface area contributed by atoms with Crippen LogP contribution >= 0.6 is 0 Å². The van der Waals surface area contributed by atoms with Crippen LogP contribution in [0.3, 0.4) is 0 Å². The lowest BCUT2D eigenvalue weighted by Crippen LogP contribution is -2.44. The molecular formula is C34H32N+. The molecule has 0 saturated carbocycles. The third-order valence-electron chi connectivity index (χ3n) is 7.18. The van der Waals surface area contributed by atoms with Crippen molar-refractivity contribution < 1.29 is 0 Å². The van der Waals surface area contributed by atoms with Gasteiger partial charge >= 0.3 is 0 Å². The van der Waals surface area contributed by atoms with E-state index in [-0.39, 0.29) is 0 Å². The Morgan fingerprint density at radius 1 is 0.429 bits per heavy atom. The van der Waals surface area contributed by atoms with Gasteiger partial charge in [0.15, 0.2) is 0 Å². The van der Waals surface area contributed by atoms with Crippen LogP contribution in [0.25, 0.3) is 33.4 Å². The van der Waals surface area contributed by atoms with Gasteiger partial charge in [0, 0.05) is 11.6 Å². The van der Waals surface area contributed by atoms with Gasteiger partial charge in [-0.25, -0.2) is 0 Å². The highest BCUT2D eigenvalue weighted by molar-refractivity contribution is 6.00. The van der Waals surface area contributed by atoms with Gasteiger partial charge in [-0.3, -0.25) is 4.48 Å². The molecule has 0 unspecified atom stereocenters. The second-order valence-electron chi connectivity index (χ2n) is 8.92. The lowest BCUT2D eigenvalue weighted by molar-refractivity contribution is 0.422. The SMILES string of the molecule is CC[N+](CC)(c1ccccc1)c1ccc(-c2ccccc2)c(-c2ccccc2)c1-c1ccccc1.